The van der Waals surface area contributed by atoms with Crippen LogP contribution in [0.4, 0.5) is 0 Å². The zero-order chi connectivity index (χ0) is 14.0. The second-order valence-electron chi connectivity index (χ2n) is 8.13. The first-order valence-electron chi connectivity index (χ1n) is 7.84. The first-order chi connectivity index (χ1) is 8.75. The maximum Gasteiger partial charge on any atom is 0.173 e. The van der Waals surface area contributed by atoms with E-state index in [0.717, 1.165) is 18.8 Å². The van der Waals surface area contributed by atoms with Crippen LogP contribution in [0.25, 0.3) is 0 Å². The summed E-state index contributed by atoms with van der Waals surface area (Å²) >= 11 is 0. The summed E-state index contributed by atoms with van der Waals surface area (Å²) in [6, 6.07) is 0.00253. The van der Waals surface area contributed by atoms with Gasteiger partial charge in [-0.05, 0) is 49.4 Å². The predicted octanol–water partition coefficient (Wildman–Crippen LogP) is 2.93. The van der Waals surface area contributed by atoms with E-state index < -0.39 is 0 Å². The zero-order valence-electron chi connectivity index (χ0n) is 13.0. The lowest BCUT2D eigenvalue weighted by atomic mass is 9.43. The lowest BCUT2D eigenvalue weighted by molar-refractivity contribution is -0.210. The van der Waals surface area contributed by atoms with Gasteiger partial charge in [0, 0.05) is 0 Å². The second kappa shape index (κ2) is 4.19. The summed E-state index contributed by atoms with van der Waals surface area (Å²) in [6.45, 7) is 11.4. The van der Waals surface area contributed by atoms with Crippen molar-refractivity contribution in [2.24, 2.45) is 28.9 Å². The molecular formula is C16H29NO2. The third-order valence-electron chi connectivity index (χ3n) is 6.06. The highest BCUT2D eigenvalue weighted by Gasteiger charge is 2.67. The Labute approximate surface area is 117 Å². The summed E-state index contributed by atoms with van der Waals surface area (Å²) in [4.78, 5) is 0. The Bertz CT molecular complexity index is 368. The largest absolute Gasteiger partial charge is 0.345 e. The van der Waals surface area contributed by atoms with Crippen molar-refractivity contribution in [1.82, 2.24) is 0 Å². The topological polar surface area (TPSA) is 44.5 Å². The molecule has 0 spiro atoms. The van der Waals surface area contributed by atoms with Crippen LogP contribution in [0.2, 0.25) is 0 Å². The van der Waals surface area contributed by atoms with Crippen molar-refractivity contribution in [2.45, 2.75) is 77.9 Å². The first-order valence-corrected chi connectivity index (χ1v) is 7.84. The molecule has 110 valence electrons. The highest BCUT2D eigenvalue weighted by atomic mass is 16.7. The molecule has 6 atom stereocenters. The SMILES string of the molecule is CC(C)C[C@@H](N)C1O[C@@H]2C[C@@H]3C[C@@H](C3(C)C)[C@]2(C)O1. The van der Waals surface area contributed by atoms with Gasteiger partial charge in [-0.1, -0.05) is 27.7 Å². The second-order valence-corrected chi connectivity index (χ2v) is 8.13. The van der Waals surface area contributed by atoms with Gasteiger partial charge in [0.25, 0.3) is 0 Å². The van der Waals surface area contributed by atoms with Gasteiger partial charge < -0.3 is 15.2 Å². The van der Waals surface area contributed by atoms with Gasteiger partial charge in [0.05, 0.1) is 17.7 Å². The van der Waals surface area contributed by atoms with Crippen molar-refractivity contribution >= 4 is 0 Å². The molecule has 0 radical (unpaired) electrons. The van der Waals surface area contributed by atoms with E-state index in [0.29, 0.717) is 17.3 Å². The molecule has 4 rings (SSSR count). The van der Waals surface area contributed by atoms with Crippen LogP contribution in [-0.2, 0) is 9.47 Å². The summed E-state index contributed by atoms with van der Waals surface area (Å²) in [5.41, 5.74) is 6.56. The third-order valence-corrected chi connectivity index (χ3v) is 6.06. The Kier molecular flexibility index (Phi) is 3.05. The Morgan fingerprint density at radius 3 is 2.47 bits per heavy atom. The quantitative estimate of drug-likeness (QED) is 0.855. The van der Waals surface area contributed by atoms with Crippen molar-refractivity contribution in [1.29, 1.82) is 0 Å². The lowest BCUT2D eigenvalue weighted by Crippen LogP contribution is -2.65. The maximum absolute atomic E-state index is 6.35. The molecule has 2 bridgehead atoms. The number of ether oxygens (including phenoxy) is 2. The van der Waals surface area contributed by atoms with Crippen LogP contribution < -0.4 is 5.73 Å². The van der Waals surface area contributed by atoms with Crippen molar-refractivity contribution in [2.75, 3.05) is 0 Å². The van der Waals surface area contributed by atoms with E-state index >= 15 is 0 Å². The molecule has 19 heavy (non-hydrogen) atoms. The van der Waals surface area contributed by atoms with E-state index in [-0.39, 0.29) is 24.0 Å². The monoisotopic (exact) mass is 267 g/mol. The molecule has 0 aromatic rings. The summed E-state index contributed by atoms with van der Waals surface area (Å²) in [7, 11) is 0. The normalized spacial score (nSPS) is 48.8. The van der Waals surface area contributed by atoms with Crippen LogP contribution >= 0.6 is 0 Å². The Balaban J connectivity index is 1.74. The summed E-state index contributed by atoms with van der Waals surface area (Å²) in [6.07, 6.45) is 3.46. The molecule has 0 amide bonds. The smallest absolute Gasteiger partial charge is 0.173 e. The molecule has 4 fully saturated rings. The van der Waals surface area contributed by atoms with Crippen LogP contribution in [0.1, 0.15) is 53.9 Å². The van der Waals surface area contributed by atoms with Crippen molar-refractivity contribution in [3.05, 3.63) is 0 Å². The van der Waals surface area contributed by atoms with Gasteiger partial charge in [-0.25, -0.2) is 0 Å². The van der Waals surface area contributed by atoms with E-state index in [4.69, 9.17) is 15.2 Å². The molecule has 1 saturated heterocycles. The minimum absolute atomic E-state index is 0.00253. The fourth-order valence-electron chi connectivity index (χ4n) is 4.74. The van der Waals surface area contributed by atoms with Gasteiger partial charge in [0.15, 0.2) is 6.29 Å². The van der Waals surface area contributed by atoms with Crippen molar-refractivity contribution in [3.63, 3.8) is 0 Å². The molecule has 1 aliphatic heterocycles. The van der Waals surface area contributed by atoms with Crippen LogP contribution in [0.15, 0.2) is 0 Å². The molecule has 3 saturated carbocycles. The number of nitrogens with two attached hydrogens (primary N) is 1. The van der Waals surface area contributed by atoms with Gasteiger partial charge in [-0.3, -0.25) is 0 Å². The fraction of sp³-hybridized carbons (Fsp3) is 1.00. The zero-order valence-corrected chi connectivity index (χ0v) is 13.0. The van der Waals surface area contributed by atoms with Crippen LogP contribution in [0.3, 0.4) is 0 Å². The number of rotatable bonds is 3. The highest BCUT2D eigenvalue weighted by molar-refractivity contribution is 5.15. The van der Waals surface area contributed by atoms with Crippen LogP contribution in [-0.4, -0.2) is 24.0 Å². The minimum Gasteiger partial charge on any atom is -0.345 e. The van der Waals surface area contributed by atoms with E-state index in [1.165, 1.54) is 6.42 Å². The van der Waals surface area contributed by atoms with Crippen molar-refractivity contribution < 1.29 is 9.47 Å². The van der Waals surface area contributed by atoms with E-state index in [9.17, 15) is 0 Å². The average Bonchev–Trinajstić information content (AvgIpc) is 2.64. The van der Waals surface area contributed by atoms with Gasteiger partial charge in [-0.15, -0.1) is 0 Å². The van der Waals surface area contributed by atoms with Crippen LogP contribution in [0, 0.1) is 23.2 Å². The molecule has 2 N–H and O–H groups in total. The predicted molar refractivity (Wildman–Crippen MR) is 75.6 cm³/mol. The molecule has 0 aromatic heterocycles. The summed E-state index contributed by atoms with van der Waals surface area (Å²) in [5, 5.41) is 0. The summed E-state index contributed by atoms with van der Waals surface area (Å²) < 4.78 is 12.5. The van der Waals surface area contributed by atoms with Crippen LogP contribution in [0.5, 0.6) is 0 Å². The maximum atomic E-state index is 6.35. The Morgan fingerprint density at radius 1 is 1.21 bits per heavy atom. The Hall–Kier alpha value is -0.120. The van der Waals surface area contributed by atoms with E-state index in [2.05, 4.69) is 34.6 Å². The van der Waals surface area contributed by atoms with Gasteiger partial charge in [0.2, 0.25) is 0 Å². The molecule has 3 heteroatoms. The summed E-state index contributed by atoms with van der Waals surface area (Å²) in [5.74, 6) is 2.02. The molecule has 1 heterocycles. The van der Waals surface area contributed by atoms with E-state index in [1.807, 2.05) is 0 Å². The van der Waals surface area contributed by atoms with E-state index in [1.54, 1.807) is 0 Å². The lowest BCUT2D eigenvalue weighted by Gasteiger charge is -2.63. The van der Waals surface area contributed by atoms with Gasteiger partial charge >= 0.3 is 0 Å². The third kappa shape index (κ3) is 1.89. The van der Waals surface area contributed by atoms with Crippen molar-refractivity contribution in [3.8, 4) is 0 Å². The minimum atomic E-state index is -0.201. The molecular weight excluding hydrogens is 238 g/mol. The number of hydrogen-bond donors (Lipinski definition) is 1. The molecule has 0 aromatic carbocycles. The molecule has 1 unspecified atom stereocenters. The standard InChI is InChI=1S/C16H29NO2/c1-9(2)6-11(17)14-18-13-8-10-7-12(15(10,3)4)16(13,5)19-14/h9-14H,6-8,17H2,1-5H3/t10-,11+,12-,13+,14?,16-/m0/s1. The average molecular weight is 267 g/mol. The fourth-order valence-corrected chi connectivity index (χ4v) is 4.74. The molecule has 4 aliphatic rings. The first kappa shape index (κ1) is 13.8. The Morgan fingerprint density at radius 2 is 1.89 bits per heavy atom. The highest BCUT2D eigenvalue weighted by Crippen LogP contribution is 2.66. The van der Waals surface area contributed by atoms with Gasteiger partial charge in [-0.2, -0.15) is 0 Å². The van der Waals surface area contributed by atoms with Gasteiger partial charge in [0.1, 0.15) is 0 Å². The molecule has 3 aliphatic carbocycles. The number of hydrogen-bond acceptors (Lipinski definition) is 3. The molecule has 3 nitrogen and oxygen atoms in total.